The van der Waals surface area contributed by atoms with Crippen molar-refractivity contribution in [2.45, 2.75) is 25.0 Å². The molecule has 1 atom stereocenters. The Morgan fingerprint density at radius 3 is 2.78 bits per heavy atom. The fraction of sp³-hybridized carbons (Fsp3) is 0.286. The fourth-order valence-corrected chi connectivity index (χ4v) is 3.59. The maximum Gasteiger partial charge on any atom is 0.461 e. The molecule has 0 saturated carbocycles. The average molecular weight is 469 g/mol. The van der Waals surface area contributed by atoms with Crippen LogP contribution in [0.15, 0.2) is 48.7 Å². The molecule has 0 spiro atoms. The van der Waals surface area contributed by atoms with Gasteiger partial charge in [0.2, 0.25) is 0 Å². The normalized spacial score (nSPS) is 16.6. The van der Waals surface area contributed by atoms with Crippen molar-refractivity contribution in [2.24, 2.45) is 0 Å². The van der Waals surface area contributed by atoms with Crippen LogP contribution in [0, 0.1) is 0 Å². The molecule has 6 nitrogen and oxygen atoms in total. The summed E-state index contributed by atoms with van der Waals surface area (Å²) < 4.78 is 55.9. The first-order chi connectivity index (χ1) is 15.2. The smallest absolute Gasteiger partial charge is 0.427 e. The SMILES string of the molecule is O=C(c1ccccc1OC(F)(F)C(F)F)N1CCC(Nc2cnc3cc(Cl)ccc3n2)C1. The molecule has 1 fully saturated rings. The number of carbonyl (C=O) groups is 1. The number of rotatable bonds is 6. The van der Waals surface area contributed by atoms with Gasteiger partial charge in [-0.3, -0.25) is 9.78 Å². The van der Waals surface area contributed by atoms with Gasteiger partial charge in [-0.2, -0.15) is 17.6 Å². The fourth-order valence-electron chi connectivity index (χ4n) is 3.42. The van der Waals surface area contributed by atoms with Crippen LogP contribution in [0.5, 0.6) is 5.75 Å². The number of hydrogen-bond acceptors (Lipinski definition) is 5. The van der Waals surface area contributed by atoms with E-state index in [1.54, 1.807) is 24.4 Å². The van der Waals surface area contributed by atoms with Gasteiger partial charge >= 0.3 is 12.5 Å². The molecular weight excluding hydrogens is 452 g/mol. The van der Waals surface area contributed by atoms with Crippen molar-refractivity contribution in [3.05, 3.63) is 59.2 Å². The quantitative estimate of drug-likeness (QED) is 0.524. The van der Waals surface area contributed by atoms with Crippen LogP contribution in [0.3, 0.4) is 0 Å². The summed E-state index contributed by atoms with van der Waals surface area (Å²) in [6.07, 6.45) is -6.60. The van der Waals surface area contributed by atoms with Crippen LogP contribution in [-0.2, 0) is 0 Å². The Morgan fingerprint density at radius 2 is 2.00 bits per heavy atom. The van der Waals surface area contributed by atoms with E-state index in [2.05, 4.69) is 20.0 Å². The molecule has 1 N–H and O–H groups in total. The van der Waals surface area contributed by atoms with E-state index in [4.69, 9.17) is 11.6 Å². The number of nitrogens with zero attached hydrogens (tertiary/aromatic N) is 3. The van der Waals surface area contributed by atoms with Crippen molar-refractivity contribution >= 4 is 34.4 Å². The average Bonchev–Trinajstić information content (AvgIpc) is 3.22. The molecule has 0 radical (unpaired) electrons. The standard InChI is InChI=1S/C21H17ClF4N4O2/c22-12-5-6-15-16(9-12)27-10-18(29-15)28-13-7-8-30(11-13)19(31)14-3-1-2-4-17(14)32-21(25,26)20(23)24/h1-6,9-10,13,20H,7-8,11H2,(H,28,29). The number of nitrogens with one attached hydrogen (secondary N) is 1. The molecule has 1 aromatic heterocycles. The van der Waals surface area contributed by atoms with Crippen LogP contribution in [0.1, 0.15) is 16.8 Å². The number of amides is 1. The zero-order valence-corrected chi connectivity index (χ0v) is 17.2. The van der Waals surface area contributed by atoms with E-state index in [0.717, 1.165) is 6.07 Å². The van der Waals surface area contributed by atoms with Crippen LogP contribution in [0.2, 0.25) is 5.02 Å². The van der Waals surface area contributed by atoms with Crippen molar-refractivity contribution in [2.75, 3.05) is 18.4 Å². The molecule has 168 valence electrons. The molecular formula is C21H17ClF4N4O2. The van der Waals surface area contributed by atoms with Crippen LogP contribution in [0.4, 0.5) is 23.4 Å². The first kappa shape index (κ1) is 22.1. The van der Waals surface area contributed by atoms with Crippen molar-refractivity contribution in [3.8, 4) is 5.75 Å². The Hall–Kier alpha value is -3.14. The summed E-state index contributed by atoms with van der Waals surface area (Å²) in [6, 6.07) is 10.1. The topological polar surface area (TPSA) is 67.3 Å². The minimum atomic E-state index is -4.70. The third-order valence-electron chi connectivity index (χ3n) is 4.95. The number of aromatic nitrogens is 2. The lowest BCUT2D eigenvalue weighted by Gasteiger charge is -2.21. The van der Waals surface area contributed by atoms with Gasteiger partial charge in [-0.1, -0.05) is 23.7 Å². The number of alkyl halides is 4. The predicted octanol–water partition coefficient (Wildman–Crippen LogP) is 4.85. The third kappa shape index (κ3) is 4.69. The Labute approximate surface area is 185 Å². The molecule has 0 bridgehead atoms. The maximum atomic E-state index is 13.4. The Balaban J connectivity index is 1.45. The number of ether oxygens (including phenoxy) is 1. The molecule has 1 amide bonds. The van der Waals surface area contributed by atoms with Gasteiger partial charge in [0.15, 0.2) is 0 Å². The van der Waals surface area contributed by atoms with E-state index in [0.29, 0.717) is 34.8 Å². The second-order valence-corrected chi connectivity index (χ2v) is 7.67. The van der Waals surface area contributed by atoms with Crippen LogP contribution in [-0.4, -0.2) is 52.4 Å². The number of hydrogen-bond donors (Lipinski definition) is 1. The predicted molar refractivity (Wildman–Crippen MR) is 111 cm³/mol. The van der Waals surface area contributed by atoms with Crippen molar-refractivity contribution in [1.82, 2.24) is 14.9 Å². The number of likely N-dealkylation sites (tertiary alicyclic amines) is 1. The Bertz CT molecular complexity index is 1150. The molecule has 4 rings (SSSR count). The highest BCUT2D eigenvalue weighted by Crippen LogP contribution is 2.31. The lowest BCUT2D eigenvalue weighted by Crippen LogP contribution is -2.35. The molecule has 1 unspecified atom stereocenters. The monoisotopic (exact) mass is 468 g/mol. The van der Waals surface area contributed by atoms with Gasteiger partial charge in [-0.05, 0) is 36.8 Å². The molecule has 2 aromatic carbocycles. The van der Waals surface area contributed by atoms with E-state index >= 15 is 0 Å². The van der Waals surface area contributed by atoms with E-state index in [1.807, 2.05) is 0 Å². The second kappa shape index (κ2) is 8.78. The highest BCUT2D eigenvalue weighted by Gasteiger charge is 2.44. The minimum absolute atomic E-state index is 0.159. The zero-order chi connectivity index (χ0) is 22.9. The van der Waals surface area contributed by atoms with E-state index in [-0.39, 0.29) is 18.2 Å². The molecule has 11 heteroatoms. The summed E-state index contributed by atoms with van der Waals surface area (Å²) >= 11 is 5.95. The molecule has 0 aliphatic carbocycles. The molecule has 32 heavy (non-hydrogen) atoms. The van der Waals surface area contributed by atoms with Gasteiger partial charge in [0.25, 0.3) is 5.91 Å². The number of benzene rings is 2. The van der Waals surface area contributed by atoms with Crippen LogP contribution in [0.25, 0.3) is 11.0 Å². The summed E-state index contributed by atoms with van der Waals surface area (Å²) in [4.78, 5) is 23.1. The molecule has 3 aromatic rings. The van der Waals surface area contributed by atoms with Crippen molar-refractivity contribution in [1.29, 1.82) is 0 Å². The molecule has 2 heterocycles. The largest absolute Gasteiger partial charge is 0.461 e. The van der Waals surface area contributed by atoms with E-state index in [1.165, 1.54) is 23.1 Å². The molecule has 1 saturated heterocycles. The number of halogens is 5. The third-order valence-corrected chi connectivity index (χ3v) is 5.18. The summed E-state index contributed by atoms with van der Waals surface area (Å²) in [5.41, 5.74) is 1.08. The van der Waals surface area contributed by atoms with E-state index in [9.17, 15) is 22.4 Å². The summed E-state index contributed by atoms with van der Waals surface area (Å²) in [5.74, 6) is -0.674. The van der Waals surface area contributed by atoms with Crippen molar-refractivity contribution in [3.63, 3.8) is 0 Å². The number of anilines is 1. The summed E-state index contributed by atoms with van der Waals surface area (Å²) in [5, 5.41) is 3.75. The lowest BCUT2D eigenvalue weighted by atomic mass is 10.1. The highest BCUT2D eigenvalue weighted by atomic mass is 35.5. The van der Waals surface area contributed by atoms with Gasteiger partial charge < -0.3 is 15.0 Å². The minimum Gasteiger partial charge on any atom is -0.427 e. The molecule has 1 aliphatic rings. The highest BCUT2D eigenvalue weighted by molar-refractivity contribution is 6.31. The Kier molecular flexibility index (Phi) is 6.05. The number of para-hydroxylation sites is 1. The lowest BCUT2D eigenvalue weighted by molar-refractivity contribution is -0.253. The Morgan fingerprint density at radius 1 is 1.22 bits per heavy atom. The first-order valence-corrected chi connectivity index (χ1v) is 10.0. The van der Waals surface area contributed by atoms with Gasteiger partial charge in [-0.25, -0.2) is 4.98 Å². The van der Waals surface area contributed by atoms with Gasteiger partial charge in [0.1, 0.15) is 11.6 Å². The van der Waals surface area contributed by atoms with Crippen LogP contribution < -0.4 is 10.1 Å². The van der Waals surface area contributed by atoms with Crippen molar-refractivity contribution < 1.29 is 27.1 Å². The number of carbonyl (C=O) groups excluding carboxylic acids is 1. The zero-order valence-electron chi connectivity index (χ0n) is 16.4. The summed E-state index contributed by atoms with van der Waals surface area (Å²) in [7, 11) is 0. The molecule has 1 aliphatic heterocycles. The van der Waals surface area contributed by atoms with Gasteiger partial charge in [0.05, 0.1) is 22.8 Å². The van der Waals surface area contributed by atoms with Crippen LogP contribution >= 0.6 is 11.6 Å². The summed E-state index contributed by atoms with van der Waals surface area (Å²) in [6.45, 7) is 0.603. The number of fused-ring (bicyclic) bond motifs is 1. The maximum absolute atomic E-state index is 13.4. The van der Waals surface area contributed by atoms with E-state index < -0.39 is 24.2 Å². The van der Waals surface area contributed by atoms with Gasteiger partial charge in [-0.15, -0.1) is 0 Å². The first-order valence-electron chi connectivity index (χ1n) is 9.65. The van der Waals surface area contributed by atoms with Gasteiger partial charge in [0, 0.05) is 24.2 Å². The second-order valence-electron chi connectivity index (χ2n) is 7.23.